The second-order valence-corrected chi connectivity index (χ2v) is 11.6. The van der Waals surface area contributed by atoms with Gasteiger partial charge in [0.05, 0.1) is 23.1 Å². The number of rotatable bonds is 11. The summed E-state index contributed by atoms with van der Waals surface area (Å²) in [5, 5.41) is 13.7. The van der Waals surface area contributed by atoms with Crippen molar-refractivity contribution in [1.29, 1.82) is 0 Å². The number of carbonyl (C=O) groups excluding carboxylic acids is 2. The number of methoxy groups -OCH3 is 1. The van der Waals surface area contributed by atoms with Crippen LogP contribution in [0.4, 0.5) is 10.5 Å². The number of thiophene rings is 1. The Kier molecular flexibility index (Phi) is 10.3. The molecule has 0 spiro atoms. The summed E-state index contributed by atoms with van der Waals surface area (Å²) in [6, 6.07) is 16.9. The molecule has 0 aliphatic carbocycles. The van der Waals surface area contributed by atoms with Gasteiger partial charge in [-0.05, 0) is 46.5 Å². The van der Waals surface area contributed by atoms with E-state index in [1.165, 1.54) is 7.11 Å². The quantitative estimate of drug-likeness (QED) is 0.198. The van der Waals surface area contributed by atoms with E-state index in [1.807, 2.05) is 59.3 Å². The summed E-state index contributed by atoms with van der Waals surface area (Å²) in [6.07, 6.45) is 0.00419. The van der Waals surface area contributed by atoms with Gasteiger partial charge >= 0.3 is 6.09 Å². The summed E-state index contributed by atoms with van der Waals surface area (Å²) in [5.74, 6) is -0.367. The van der Waals surface area contributed by atoms with Crippen molar-refractivity contribution < 1.29 is 23.1 Å². The van der Waals surface area contributed by atoms with Gasteiger partial charge < -0.3 is 20.7 Å². The summed E-state index contributed by atoms with van der Waals surface area (Å²) in [7, 11) is 1.25. The Morgan fingerprint density at radius 3 is 2.44 bits per heavy atom. The molecule has 0 radical (unpaired) electrons. The number of anilines is 1. The monoisotopic (exact) mass is 606 g/mol. The highest BCUT2D eigenvalue weighted by Gasteiger charge is 2.30. The second kappa shape index (κ2) is 13.9. The van der Waals surface area contributed by atoms with Gasteiger partial charge in [-0.15, -0.1) is 23.1 Å². The van der Waals surface area contributed by atoms with Gasteiger partial charge in [-0.25, -0.2) is 9.00 Å². The fourth-order valence-electron chi connectivity index (χ4n) is 3.98. The zero-order chi connectivity index (χ0) is 27.8. The van der Waals surface area contributed by atoms with Crippen LogP contribution in [0.3, 0.4) is 0 Å². The van der Waals surface area contributed by atoms with Gasteiger partial charge in [0.25, 0.3) is 11.3 Å². The summed E-state index contributed by atoms with van der Waals surface area (Å²) in [6.45, 7) is 0. The molecule has 2 unspecified atom stereocenters. The van der Waals surface area contributed by atoms with Crippen LogP contribution in [0.2, 0.25) is 5.02 Å². The van der Waals surface area contributed by atoms with Crippen molar-refractivity contribution in [3.63, 3.8) is 0 Å². The van der Waals surface area contributed by atoms with Crippen LogP contribution in [0.5, 0.6) is 0 Å². The Labute approximate surface area is 242 Å². The molecule has 4 rings (SSSR count). The molecule has 0 bridgehead atoms. The standard InChI is InChI=1S/C26H27ClN4O5S3/c1-36-26(33)30-21(14-16-5-3-2-4-6-16)24(32)28-20(13-17-7-9-18(10-8-17)31-39(34)35)22-15-38-25(29-22)23-19(27)11-12-37-23/h2-12,15,20-21,25,29,31H,13-14H2,1H3,(H,28,32)(H,30,33)(H,34,35)/t20-,21-,25?/m0/s1. The molecule has 1 aliphatic rings. The largest absolute Gasteiger partial charge is 0.453 e. The van der Waals surface area contributed by atoms with Gasteiger partial charge in [0.2, 0.25) is 5.91 Å². The fourth-order valence-corrected chi connectivity index (χ4v) is 6.78. The predicted molar refractivity (Wildman–Crippen MR) is 157 cm³/mol. The molecule has 4 atom stereocenters. The van der Waals surface area contributed by atoms with Gasteiger partial charge in [-0.3, -0.25) is 14.1 Å². The summed E-state index contributed by atoms with van der Waals surface area (Å²) < 4.78 is 27.3. The minimum Gasteiger partial charge on any atom is -0.453 e. The zero-order valence-electron chi connectivity index (χ0n) is 20.8. The minimum absolute atomic E-state index is 0.0914. The van der Waals surface area contributed by atoms with E-state index in [0.29, 0.717) is 17.1 Å². The maximum absolute atomic E-state index is 13.6. The highest BCUT2D eigenvalue weighted by Crippen LogP contribution is 2.41. The van der Waals surface area contributed by atoms with Gasteiger partial charge in [0.1, 0.15) is 11.4 Å². The SMILES string of the molecule is COC(=O)N[C@@H](Cc1ccccc1)C(=O)N[C@@H](Cc1ccc(NS(=O)O)cc1)C1=CSC(c2sccc2Cl)N1. The van der Waals surface area contributed by atoms with Crippen molar-refractivity contribution in [2.45, 2.75) is 30.3 Å². The van der Waals surface area contributed by atoms with E-state index >= 15 is 0 Å². The molecule has 3 aromatic rings. The average Bonchev–Trinajstić information content (AvgIpc) is 3.58. The fraction of sp³-hybridized carbons (Fsp3) is 0.231. The van der Waals surface area contributed by atoms with Crippen LogP contribution >= 0.6 is 34.7 Å². The molecule has 0 fully saturated rings. The Morgan fingerprint density at radius 2 is 1.79 bits per heavy atom. The highest BCUT2D eigenvalue weighted by molar-refractivity contribution is 8.02. The molecular formula is C26H27ClN4O5S3. The Morgan fingerprint density at radius 1 is 1.08 bits per heavy atom. The maximum atomic E-state index is 13.6. The number of benzene rings is 2. The first-order valence-electron chi connectivity index (χ1n) is 11.8. The van der Waals surface area contributed by atoms with E-state index in [-0.39, 0.29) is 17.7 Å². The number of hydrogen-bond acceptors (Lipinski definition) is 7. The number of nitrogens with one attached hydrogen (secondary N) is 4. The van der Waals surface area contributed by atoms with Crippen molar-refractivity contribution in [3.05, 3.63) is 98.2 Å². The van der Waals surface area contributed by atoms with Gasteiger partial charge in [-0.2, -0.15) is 0 Å². The van der Waals surface area contributed by atoms with E-state index in [1.54, 1.807) is 35.2 Å². The molecule has 0 saturated carbocycles. The lowest BCUT2D eigenvalue weighted by molar-refractivity contribution is -0.123. The predicted octanol–water partition coefficient (Wildman–Crippen LogP) is 4.82. The van der Waals surface area contributed by atoms with Crippen molar-refractivity contribution in [1.82, 2.24) is 16.0 Å². The van der Waals surface area contributed by atoms with Crippen molar-refractivity contribution in [2.24, 2.45) is 0 Å². The summed E-state index contributed by atoms with van der Waals surface area (Å²) in [4.78, 5) is 26.6. The molecule has 2 aromatic carbocycles. The minimum atomic E-state index is -2.18. The van der Waals surface area contributed by atoms with Crippen molar-refractivity contribution >= 4 is 63.7 Å². The molecule has 0 saturated heterocycles. The maximum Gasteiger partial charge on any atom is 0.407 e. The number of amides is 2. The van der Waals surface area contributed by atoms with Crippen LogP contribution in [0, 0.1) is 0 Å². The van der Waals surface area contributed by atoms with Crippen LogP contribution < -0.4 is 20.7 Å². The van der Waals surface area contributed by atoms with E-state index in [4.69, 9.17) is 20.9 Å². The Balaban J connectivity index is 1.55. The first-order valence-corrected chi connectivity index (χ1v) is 15.1. The van der Waals surface area contributed by atoms with Gasteiger partial charge in [0, 0.05) is 17.8 Å². The lowest BCUT2D eigenvalue weighted by Crippen LogP contribution is -2.52. The third-order valence-electron chi connectivity index (χ3n) is 5.88. The number of thioether (sulfide) groups is 1. The van der Waals surface area contributed by atoms with E-state index < -0.39 is 29.4 Å². The van der Waals surface area contributed by atoms with Crippen LogP contribution in [0.25, 0.3) is 0 Å². The molecule has 9 nitrogen and oxygen atoms in total. The average molecular weight is 607 g/mol. The van der Waals surface area contributed by atoms with Crippen molar-refractivity contribution in [2.75, 3.05) is 11.8 Å². The Bertz CT molecular complexity index is 1340. The molecule has 2 amide bonds. The summed E-state index contributed by atoms with van der Waals surface area (Å²) >= 11 is 7.30. The number of carbonyl (C=O) groups is 2. The lowest BCUT2D eigenvalue weighted by Gasteiger charge is -2.25. The topological polar surface area (TPSA) is 129 Å². The molecule has 1 aliphatic heterocycles. The van der Waals surface area contributed by atoms with Gasteiger partial charge in [-0.1, -0.05) is 54.1 Å². The highest BCUT2D eigenvalue weighted by atomic mass is 35.5. The van der Waals surface area contributed by atoms with E-state index in [0.717, 1.165) is 21.7 Å². The third kappa shape index (κ3) is 8.23. The smallest absolute Gasteiger partial charge is 0.407 e. The normalized spacial score (nSPS) is 16.8. The number of alkyl carbamates (subject to hydrolysis) is 1. The second-order valence-electron chi connectivity index (χ2n) is 8.56. The molecular weight excluding hydrogens is 580 g/mol. The summed E-state index contributed by atoms with van der Waals surface area (Å²) in [5.41, 5.74) is 3.07. The number of ether oxygens (including phenoxy) is 1. The lowest BCUT2D eigenvalue weighted by atomic mass is 10.0. The zero-order valence-corrected chi connectivity index (χ0v) is 24.0. The van der Waals surface area contributed by atoms with Crippen LogP contribution in [0.15, 0.2) is 77.1 Å². The van der Waals surface area contributed by atoms with Gasteiger partial charge in [0.15, 0.2) is 0 Å². The molecule has 2 heterocycles. The molecule has 5 N–H and O–H groups in total. The van der Waals surface area contributed by atoms with E-state index in [2.05, 4.69) is 20.7 Å². The van der Waals surface area contributed by atoms with Crippen molar-refractivity contribution in [3.8, 4) is 0 Å². The van der Waals surface area contributed by atoms with Crippen LogP contribution in [0.1, 0.15) is 21.4 Å². The van der Waals surface area contributed by atoms with Crippen LogP contribution in [-0.2, 0) is 33.6 Å². The molecule has 39 heavy (non-hydrogen) atoms. The number of hydrogen-bond donors (Lipinski definition) is 5. The molecule has 1 aromatic heterocycles. The molecule has 206 valence electrons. The van der Waals surface area contributed by atoms with Crippen LogP contribution in [-0.4, -0.2) is 40.0 Å². The first-order chi connectivity index (χ1) is 18.8. The Hall–Kier alpha value is -3.03. The number of halogens is 1. The van der Waals surface area contributed by atoms with E-state index in [9.17, 15) is 13.8 Å². The third-order valence-corrected chi connectivity index (χ3v) is 8.88. The first kappa shape index (κ1) is 29.0. The molecule has 13 heteroatoms.